The molecular formula is C10H23N. The number of hydrogen-bond donors (Lipinski definition) is 1. The summed E-state index contributed by atoms with van der Waals surface area (Å²) in [5.41, 5.74) is 0. The predicted octanol–water partition coefficient (Wildman–Crippen LogP) is 2.81. The van der Waals surface area contributed by atoms with E-state index in [1.807, 2.05) is 0 Å². The molecule has 0 rings (SSSR count). The Kier molecular flexibility index (Phi) is 6.63. The van der Waals surface area contributed by atoms with Gasteiger partial charge in [0, 0.05) is 6.04 Å². The maximum atomic E-state index is 3.53. The van der Waals surface area contributed by atoms with Crippen LogP contribution < -0.4 is 5.32 Å². The lowest BCUT2D eigenvalue weighted by Crippen LogP contribution is -2.32. The van der Waals surface area contributed by atoms with Crippen LogP contribution in [0, 0.1) is 5.92 Å². The van der Waals surface area contributed by atoms with E-state index < -0.39 is 0 Å². The van der Waals surface area contributed by atoms with Crippen molar-refractivity contribution >= 4 is 0 Å². The molecule has 0 bridgehead atoms. The van der Waals surface area contributed by atoms with E-state index in [9.17, 15) is 0 Å². The van der Waals surface area contributed by atoms with Crippen LogP contribution in [0.15, 0.2) is 0 Å². The number of rotatable bonds is 6. The highest BCUT2D eigenvalue weighted by Gasteiger charge is 2.07. The van der Waals surface area contributed by atoms with Gasteiger partial charge in [0.05, 0.1) is 0 Å². The molecular weight excluding hydrogens is 134 g/mol. The zero-order chi connectivity index (χ0) is 8.69. The molecule has 1 nitrogen and oxygen atoms in total. The summed E-state index contributed by atoms with van der Waals surface area (Å²) in [7, 11) is 0. The molecule has 0 heterocycles. The van der Waals surface area contributed by atoms with Crippen molar-refractivity contribution in [2.75, 3.05) is 6.54 Å². The Balaban J connectivity index is 3.28. The zero-order valence-corrected chi connectivity index (χ0v) is 8.48. The van der Waals surface area contributed by atoms with Gasteiger partial charge in [0.15, 0.2) is 0 Å². The largest absolute Gasteiger partial charge is 0.314 e. The van der Waals surface area contributed by atoms with Crippen molar-refractivity contribution in [1.29, 1.82) is 0 Å². The van der Waals surface area contributed by atoms with Crippen molar-refractivity contribution < 1.29 is 0 Å². The fourth-order valence-electron chi connectivity index (χ4n) is 1.06. The standard InChI is InChI=1S/C10H23N/c1-5-7-8-11-10(4)9(3)6-2/h9-11H,5-8H2,1-4H3/t9-,10+/m1/s1. The van der Waals surface area contributed by atoms with Crippen LogP contribution in [-0.4, -0.2) is 12.6 Å². The van der Waals surface area contributed by atoms with Gasteiger partial charge in [-0.25, -0.2) is 0 Å². The summed E-state index contributed by atoms with van der Waals surface area (Å²) >= 11 is 0. The fourth-order valence-corrected chi connectivity index (χ4v) is 1.06. The molecule has 0 unspecified atom stereocenters. The highest BCUT2D eigenvalue weighted by atomic mass is 14.9. The van der Waals surface area contributed by atoms with Crippen molar-refractivity contribution in [2.24, 2.45) is 5.92 Å². The molecule has 1 N–H and O–H groups in total. The third kappa shape index (κ3) is 5.25. The van der Waals surface area contributed by atoms with Crippen LogP contribution >= 0.6 is 0 Å². The molecule has 0 aromatic carbocycles. The summed E-state index contributed by atoms with van der Waals surface area (Å²) in [6.07, 6.45) is 3.88. The number of unbranched alkanes of at least 4 members (excludes halogenated alkanes) is 1. The third-order valence-electron chi connectivity index (χ3n) is 2.49. The van der Waals surface area contributed by atoms with E-state index in [0.29, 0.717) is 6.04 Å². The van der Waals surface area contributed by atoms with Crippen molar-refractivity contribution in [2.45, 2.75) is 53.0 Å². The molecule has 2 atom stereocenters. The van der Waals surface area contributed by atoms with Gasteiger partial charge in [-0.3, -0.25) is 0 Å². The van der Waals surface area contributed by atoms with Gasteiger partial charge in [-0.1, -0.05) is 33.6 Å². The van der Waals surface area contributed by atoms with Crippen LogP contribution in [0.2, 0.25) is 0 Å². The highest BCUT2D eigenvalue weighted by Crippen LogP contribution is 2.06. The lowest BCUT2D eigenvalue weighted by atomic mass is 10.0. The second kappa shape index (κ2) is 6.66. The van der Waals surface area contributed by atoms with E-state index >= 15 is 0 Å². The van der Waals surface area contributed by atoms with E-state index in [-0.39, 0.29) is 0 Å². The van der Waals surface area contributed by atoms with E-state index in [4.69, 9.17) is 0 Å². The summed E-state index contributed by atoms with van der Waals surface area (Å²) < 4.78 is 0. The van der Waals surface area contributed by atoms with Crippen molar-refractivity contribution in [1.82, 2.24) is 5.32 Å². The van der Waals surface area contributed by atoms with Gasteiger partial charge in [0.1, 0.15) is 0 Å². The molecule has 0 aromatic rings. The average Bonchev–Trinajstić information content (AvgIpc) is 2.03. The first-order valence-corrected chi connectivity index (χ1v) is 4.95. The molecule has 0 spiro atoms. The Bertz CT molecular complexity index is 80.9. The van der Waals surface area contributed by atoms with Gasteiger partial charge in [-0.05, 0) is 25.8 Å². The summed E-state index contributed by atoms with van der Waals surface area (Å²) in [5, 5.41) is 3.53. The van der Waals surface area contributed by atoms with Gasteiger partial charge in [-0.2, -0.15) is 0 Å². The molecule has 1 heteroatoms. The molecule has 0 aliphatic rings. The molecule has 0 saturated heterocycles. The monoisotopic (exact) mass is 157 g/mol. The van der Waals surface area contributed by atoms with E-state index in [0.717, 1.165) is 5.92 Å². The van der Waals surface area contributed by atoms with Crippen molar-refractivity contribution in [3.05, 3.63) is 0 Å². The van der Waals surface area contributed by atoms with Gasteiger partial charge < -0.3 is 5.32 Å². The van der Waals surface area contributed by atoms with Gasteiger partial charge in [-0.15, -0.1) is 0 Å². The molecule has 0 saturated carbocycles. The first kappa shape index (κ1) is 11.0. The number of hydrogen-bond acceptors (Lipinski definition) is 1. The Morgan fingerprint density at radius 3 is 2.27 bits per heavy atom. The van der Waals surface area contributed by atoms with Crippen LogP contribution in [0.3, 0.4) is 0 Å². The fraction of sp³-hybridized carbons (Fsp3) is 1.00. The quantitative estimate of drug-likeness (QED) is 0.585. The Morgan fingerprint density at radius 2 is 1.82 bits per heavy atom. The van der Waals surface area contributed by atoms with E-state index in [1.165, 1.54) is 25.8 Å². The second-order valence-electron chi connectivity index (χ2n) is 3.48. The van der Waals surface area contributed by atoms with Crippen molar-refractivity contribution in [3.8, 4) is 0 Å². The molecule has 0 radical (unpaired) electrons. The molecule has 0 aliphatic heterocycles. The highest BCUT2D eigenvalue weighted by molar-refractivity contribution is 4.66. The molecule has 11 heavy (non-hydrogen) atoms. The van der Waals surface area contributed by atoms with Gasteiger partial charge in [0.2, 0.25) is 0 Å². The van der Waals surface area contributed by atoms with Crippen LogP contribution in [-0.2, 0) is 0 Å². The summed E-state index contributed by atoms with van der Waals surface area (Å²) in [5.74, 6) is 0.812. The topological polar surface area (TPSA) is 12.0 Å². The summed E-state index contributed by atoms with van der Waals surface area (Å²) in [6, 6.07) is 0.687. The maximum absolute atomic E-state index is 3.53. The minimum atomic E-state index is 0.687. The Morgan fingerprint density at radius 1 is 1.18 bits per heavy atom. The van der Waals surface area contributed by atoms with Crippen molar-refractivity contribution in [3.63, 3.8) is 0 Å². The van der Waals surface area contributed by atoms with Crippen LogP contribution in [0.1, 0.15) is 47.0 Å². The first-order chi connectivity index (χ1) is 5.22. The minimum Gasteiger partial charge on any atom is -0.314 e. The van der Waals surface area contributed by atoms with Crippen LogP contribution in [0.25, 0.3) is 0 Å². The van der Waals surface area contributed by atoms with Crippen LogP contribution in [0.4, 0.5) is 0 Å². The zero-order valence-electron chi connectivity index (χ0n) is 8.48. The molecule has 0 amide bonds. The SMILES string of the molecule is CCCCN[C@@H](C)[C@H](C)CC. The lowest BCUT2D eigenvalue weighted by Gasteiger charge is -2.19. The number of nitrogens with one attached hydrogen (secondary N) is 1. The van der Waals surface area contributed by atoms with Gasteiger partial charge >= 0.3 is 0 Å². The average molecular weight is 157 g/mol. The summed E-state index contributed by atoms with van der Waals surface area (Å²) in [6.45, 7) is 10.3. The van der Waals surface area contributed by atoms with Gasteiger partial charge in [0.25, 0.3) is 0 Å². The van der Waals surface area contributed by atoms with E-state index in [1.54, 1.807) is 0 Å². The predicted molar refractivity (Wildman–Crippen MR) is 51.8 cm³/mol. The molecule has 68 valence electrons. The third-order valence-corrected chi connectivity index (χ3v) is 2.49. The summed E-state index contributed by atoms with van der Waals surface area (Å²) in [4.78, 5) is 0. The normalized spacial score (nSPS) is 16.4. The Hall–Kier alpha value is -0.0400. The molecule has 0 fully saturated rings. The van der Waals surface area contributed by atoms with E-state index in [2.05, 4.69) is 33.0 Å². The first-order valence-electron chi connectivity index (χ1n) is 4.95. The molecule has 0 aromatic heterocycles. The van der Waals surface area contributed by atoms with Crippen LogP contribution in [0.5, 0.6) is 0 Å². The lowest BCUT2D eigenvalue weighted by molar-refractivity contribution is 0.388. The molecule has 0 aliphatic carbocycles. The smallest absolute Gasteiger partial charge is 0.00642 e. The second-order valence-corrected chi connectivity index (χ2v) is 3.48. The maximum Gasteiger partial charge on any atom is 0.00642 e. The minimum absolute atomic E-state index is 0.687. The Labute approximate surface area is 71.6 Å².